The molecule has 0 fully saturated rings. The van der Waals surface area contributed by atoms with Crippen LogP contribution < -0.4 is 10.6 Å². The van der Waals surface area contributed by atoms with Gasteiger partial charge in [-0.15, -0.1) is 12.4 Å². The van der Waals surface area contributed by atoms with E-state index in [1.807, 2.05) is 25.1 Å². The number of amides is 1. The molecule has 1 aromatic carbocycles. The van der Waals surface area contributed by atoms with Crippen molar-refractivity contribution >= 4 is 29.7 Å². The third-order valence-electron chi connectivity index (χ3n) is 3.37. The summed E-state index contributed by atoms with van der Waals surface area (Å²) in [7, 11) is 0. The minimum atomic E-state index is -0.203. The Labute approximate surface area is 124 Å². The summed E-state index contributed by atoms with van der Waals surface area (Å²) in [4.78, 5) is 12.0. The summed E-state index contributed by atoms with van der Waals surface area (Å²) in [5, 5.41) is 6.22. The van der Waals surface area contributed by atoms with E-state index in [-0.39, 0.29) is 18.3 Å². The van der Waals surface area contributed by atoms with E-state index in [0.29, 0.717) is 5.76 Å². The number of aryl methyl sites for hydroxylation is 2. The Morgan fingerprint density at radius 2 is 2.20 bits per heavy atom. The second-order valence-corrected chi connectivity index (χ2v) is 4.79. The lowest BCUT2D eigenvalue weighted by molar-refractivity contribution is 0.0996. The van der Waals surface area contributed by atoms with Crippen molar-refractivity contribution in [2.45, 2.75) is 19.8 Å². The molecule has 5 heteroatoms. The molecule has 2 heterocycles. The number of fused-ring (bicyclic) bond motifs is 1. The zero-order valence-electron chi connectivity index (χ0n) is 11.2. The van der Waals surface area contributed by atoms with E-state index in [4.69, 9.17) is 4.42 Å². The molecular weight excluding hydrogens is 276 g/mol. The van der Waals surface area contributed by atoms with Crippen LogP contribution in [0.5, 0.6) is 0 Å². The van der Waals surface area contributed by atoms with E-state index in [9.17, 15) is 4.79 Å². The van der Waals surface area contributed by atoms with E-state index < -0.39 is 0 Å². The molecule has 0 saturated heterocycles. The van der Waals surface area contributed by atoms with Crippen molar-refractivity contribution in [3.63, 3.8) is 0 Å². The quantitative estimate of drug-likeness (QED) is 0.889. The first-order valence-electron chi connectivity index (χ1n) is 6.46. The molecular formula is C15H17ClN2O2. The largest absolute Gasteiger partial charge is 0.459 e. The lowest BCUT2D eigenvalue weighted by atomic mass is 10.0. The SMILES string of the molecule is Cc1ccoc1C(=O)Nc1ccc2c(c1)CCCN2.Cl. The fourth-order valence-corrected chi connectivity index (χ4v) is 2.35. The normalized spacial score (nSPS) is 12.8. The Morgan fingerprint density at radius 3 is 2.95 bits per heavy atom. The molecule has 106 valence electrons. The molecule has 0 saturated carbocycles. The zero-order chi connectivity index (χ0) is 13.2. The molecule has 0 aliphatic carbocycles. The zero-order valence-corrected chi connectivity index (χ0v) is 12.0. The summed E-state index contributed by atoms with van der Waals surface area (Å²) < 4.78 is 5.19. The van der Waals surface area contributed by atoms with Gasteiger partial charge in [-0.3, -0.25) is 4.79 Å². The second-order valence-electron chi connectivity index (χ2n) is 4.79. The van der Waals surface area contributed by atoms with Gasteiger partial charge in [0.2, 0.25) is 0 Å². The minimum Gasteiger partial charge on any atom is -0.459 e. The summed E-state index contributed by atoms with van der Waals surface area (Å²) in [6.45, 7) is 2.87. The average Bonchev–Trinajstić information content (AvgIpc) is 2.85. The van der Waals surface area contributed by atoms with Crippen LogP contribution in [0.25, 0.3) is 0 Å². The maximum Gasteiger partial charge on any atom is 0.291 e. The van der Waals surface area contributed by atoms with Crippen LogP contribution in [0.15, 0.2) is 34.9 Å². The third-order valence-corrected chi connectivity index (χ3v) is 3.37. The van der Waals surface area contributed by atoms with Crippen molar-refractivity contribution in [1.29, 1.82) is 0 Å². The molecule has 20 heavy (non-hydrogen) atoms. The molecule has 0 radical (unpaired) electrons. The monoisotopic (exact) mass is 292 g/mol. The van der Waals surface area contributed by atoms with Crippen LogP contribution in [0.1, 0.15) is 28.1 Å². The Kier molecular flexibility index (Phi) is 4.35. The van der Waals surface area contributed by atoms with Crippen LogP contribution in [0.4, 0.5) is 11.4 Å². The molecule has 1 aliphatic rings. The lowest BCUT2D eigenvalue weighted by Gasteiger charge is -2.18. The highest BCUT2D eigenvalue weighted by atomic mass is 35.5. The summed E-state index contributed by atoms with van der Waals surface area (Å²) in [6.07, 6.45) is 3.70. The molecule has 1 amide bonds. The predicted molar refractivity (Wildman–Crippen MR) is 81.9 cm³/mol. The summed E-state index contributed by atoms with van der Waals surface area (Å²) in [6, 6.07) is 7.73. The van der Waals surface area contributed by atoms with Crippen LogP contribution >= 0.6 is 12.4 Å². The van der Waals surface area contributed by atoms with Crippen molar-refractivity contribution in [2.24, 2.45) is 0 Å². The van der Waals surface area contributed by atoms with Crippen LogP contribution in [0.2, 0.25) is 0 Å². The number of halogens is 1. The molecule has 1 aliphatic heterocycles. The van der Waals surface area contributed by atoms with Crippen LogP contribution in [0, 0.1) is 6.92 Å². The fraction of sp³-hybridized carbons (Fsp3) is 0.267. The molecule has 3 rings (SSSR count). The number of rotatable bonds is 2. The maximum atomic E-state index is 12.0. The second kappa shape index (κ2) is 6.01. The Hall–Kier alpha value is -1.94. The van der Waals surface area contributed by atoms with Gasteiger partial charge in [-0.05, 0) is 49.6 Å². The van der Waals surface area contributed by atoms with Gasteiger partial charge in [0.25, 0.3) is 5.91 Å². The first-order chi connectivity index (χ1) is 9.24. The molecule has 2 aromatic rings. The first-order valence-corrected chi connectivity index (χ1v) is 6.46. The molecule has 0 atom stereocenters. The van der Waals surface area contributed by atoms with Crippen molar-refractivity contribution < 1.29 is 9.21 Å². The minimum absolute atomic E-state index is 0. The number of furan rings is 1. The molecule has 0 bridgehead atoms. The van der Waals surface area contributed by atoms with Gasteiger partial charge in [-0.25, -0.2) is 0 Å². The number of hydrogen-bond acceptors (Lipinski definition) is 3. The van der Waals surface area contributed by atoms with E-state index in [0.717, 1.165) is 30.6 Å². The van der Waals surface area contributed by atoms with Gasteiger partial charge in [-0.1, -0.05) is 0 Å². The Bertz CT molecular complexity index is 622. The van der Waals surface area contributed by atoms with Gasteiger partial charge in [-0.2, -0.15) is 0 Å². The number of benzene rings is 1. The van der Waals surface area contributed by atoms with E-state index in [1.54, 1.807) is 6.07 Å². The van der Waals surface area contributed by atoms with E-state index in [1.165, 1.54) is 17.5 Å². The molecule has 4 nitrogen and oxygen atoms in total. The van der Waals surface area contributed by atoms with E-state index >= 15 is 0 Å². The number of anilines is 2. The number of hydrogen-bond donors (Lipinski definition) is 2. The van der Waals surface area contributed by atoms with E-state index in [2.05, 4.69) is 10.6 Å². The summed E-state index contributed by atoms with van der Waals surface area (Å²) in [5.74, 6) is 0.169. The fourth-order valence-electron chi connectivity index (χ4n) is 2.35. The summed E-state index contributed by atoms with van der Waals surface area (Å²) >= 11 is 0. The topological polar surface area (TPSA) is 54.3 Å². The smallest absolute Gasteiger partial charge is 0.291 e. The van der Waals surface area contributed by atoms with Gasteiger partial charge in [0.1, 0.15) is 0 Å². The number of carbonyl (C=O) groups excluding carboxylic acids is 1. The highest BCUT2D eigenvalue weighted by molar-refractivity contribution is 6.03. The standard InChI is InChI=1S/C15H16N2O2.ClH/c1-10-6-8-19-14(10)15(18)17-12-4-5-13-11(9-12)3-2-7-16-13;/h4-6,8-9,16H,2-3,7H2,1H3,(H,17,18);1H. The predicted octanol–water partition coefficient (Wildman–Crippen LogP) is 3.62. The maximum absolute atomic E-state index is 12.0. The van der Waals surface area contributed by atoms with Gasteiger partial charge in [0.15, 0.2) is 5.76 Å². The number of carbonyl (C=O) groups is 1. The van der Waals surface area contributed by atoms with Crippen molar-refractivity contribution in [1.82, 2.24) is 0 Å². The van der Waals surface area contributed by atoms with Gasteiger partial charge >= 0.3 is 0 Å². The molecule has 1 aromatic heterocycles. The third kappa shape index (κ3) is 2.80. The Morgan fingerprint density at radius 1 is 1.35 bits per heavy atom. The average molecular weight is 293 g/mol. The van der Waals surface area contributed by atoms with Crippen LogP contribution in [-0.4, -0.2) is 12.5 Å². The van der Waals surface area contributed by atoms with Crippen LogP contribution in [0.3, 0.4) is 0 Å². The van der Waals surface area contributed by atoms with Gasteiger partial charge in [0, 0.05) is 23.5 Å². The van der Waals surface area contributed by atoms with Crippen LogP contribution in [-0.2, 0) is 6.42 Å². The van der Waals surface area contributed by atoms with Gasteiger partial charge in [0.05, 0.1) is 6.26 Å². The van der Waals surface area contributed by atoms with Crippen molar-refractivity contribution in [3.05, 3.63) is 47.4 Å². The Balaban J connectivity index is 0.00000147. The molecule has 2 N–H and O–H groups in total. The number of nitrogens with one attached hydrogen (secondary N) is 2. The molecule has 0 spiro atoms. The van der Waals surface area contributed by atoms with Crippen molar-refractivity contribution in [3.8, 4) is 0 Å². The summed E-state index contributed by atoms with van der Waals surface area (Å²) in [5.41, 5.74) is 4.07. The van der Waals surface area contributed by atoms with Crippen molar-refractivity contribution in [2.75, 3.05) is 17.2 Å². The first kappa shape index (κ1) is 14.5. The molecule has 0 unspecified atom stereocenters. The van der Waals surface area contributed by atoms with Gasteiger partial charge < -0.3 is 15.1 Å². The highest BCUT2D eigenvalue weighted by Crippen LogP contribution is 2.25. The lowest BCUT2D eigenvalue weighted by Crippen LogP contribution is -2.14. The highest BCUT2D eigenvalue weighted by Gasteiger charge is 2.14.